The molecule has 0 rings (SSSR count). The number of hydrogen-bond donors (Lipinski definition) is 3. The average molecular weight is 1520 g/mol. The van der Waals surface area contributed by atoms with Gasteiger partial charge in [0, 0.05) is 25.7 Å². The van der Waals surface area contributed by atoms with E-state index in [1.807, 2.05) is 0 Å². The highest BCUT2D eigenvalue weighted by molar-refractivity contribution is 7.47. The summed E-state index contributed by atoms with van der Waals surface area (Å²) in [6.45, 7) is 9.67. The molecule has 0 aromatic carbocycles. The van der Waals surface area contributed by atoms with E-state index in [4.69, 9.17) is 37.0 Å². The summed E-state index contributed by atoms with van der Waals surface area (Å²) in [7, 11) is -9.93. The van der Waals surface area contributed by atoms with Crippen molar-refractivity contribution < 1.29 is 80.2 Å². The Balaban J connectivity index is 5.25. The molecule has 3 unspecified atom stereocenters. The van der Waals surface area contributed by atoms with Crippen LogP contribution < -0.4 is 0 Å². The zero-order valence-corrected chi connectivity index (χ0v) is 70.1. The number of aliphatic hydroxyl groups is 1. The third kappa shape index (κ3) is 76.8. The lowest BCUT2D eigenvalue weighted by atomic mass is 9.99. The Morgan fingerprint density at radius 3 is 0.731 bits per heavy atom. The Labute approximate surface area is 638 Å². The molecule has 0 amide bonds. The summed E-state index contributed by atoms with van der Waals surface area (Å²) in [5, 5.41) is 10.7. The molecule has 0 aliphatic heterocycles. The fourth-order valence-corrected chi connectivity index (χ4v) is 14.8. The van der Waals surface area contributed by atoms with Crippen LogP contribution in [0.25, 0.3) is 0 Å². The smallest absolute Gasteiger partial charge is 0.462 e. The normalized spacial score (nSPS) is 14.1. The number of phosphoric acid groups is 2. The van der Waals surface area contributed by atoms with E-state index in [1.165, 1.54) is 270 Å². The van der Waals surface area contributed by atoms with E-state index in [9.17, 15) is 43.2 Å². The molecule has 0 radical (unpaired) electrons. The third-order valence-corrected chi connectivity index (χ3v) is 22.2. The van der Waals surface area contributed by atoms with Gasteiger partial charge in [-0.2, -0.15) is 0 Å². The van der Waals surface area contributed by atoms with Crippen LogP contribution in [0.2, 0.25) is 0 Å². The maximum atomic E-state index is 13.1. The van der Waals surface area contributed by atoms with Crippen molar-refractivity contribution in [3.63, 3.8) is 0 Å². The van der Waals surface area contributed by atoms with Crippen LogP contribution in [0.3, 0.4) is 0 Å². The topological polar surface area (TPSA) is 237 Å². The average Bonchev–Trinajstić information content (AvgIpc) is 0.922. The highest BCUT2D eigenvalue weighted by atomic mass is 31.2. The van der Waals surface area contributed by atoms with Crippen LogP contribution in [0.4, 0.5) is 0 Å². The Kier molecular flexibility index (Phi) is 75.0. The molecule has 3 N–H and O–H groups in total. The first-order chi connectivity index (χ1) is 50.4. The van der Waals surface area contributed by atoms with Crippen LogP contribution in [0.5, 0.6) is 0 Å². The molecule has 0 aromatic rings. The SMILES string of the molecule is CCCCCCCCCCCCCCCCCCCCCCCC(=O)O[C@H](COC(=O)CCCCCCCCCCCCCCCCCCC)COP(=O)(O)OC[C@@H](O)COP(=O)(O)OC[C@@H](COC(=O)CCCCCCCCCCC(C)CC)OC(=O)CCCCCCCCCCCCCC(C)C. The lowest BCUT2D eigenvalue weighted by Crippen LogP contribution is -2.30. The second-order valence-electron chi connectivity index (χ2n) is 31.3. The van der Waals surface area contributed by atoms with Crippen LogP contribution in [0.1, 0.15) is 452 Å². The summed E-state index contributed by atoms with van der Waals surface area (Å²) in [6.07, 6.45) is 68.0. The second kappa shape index (κ2) is 76.4. The minimum Gasteiger partial charge on any atom is -0.462 e. The number of carbonyl (C=O) groups is 4. The first kappa shape index (κ1) is 102. The van der Waals surface area contributed by atoms with Gasteiger partial charge in [-0.3, -0.25) is 37.3 Å². The largest absolute Gasteiger partial charge is 0.472 e. The number of ether oxygens (including phenoxy) is 4. The fraction of sp³-hybridized carbons (Fsp3) is 0.953. The molecule has 0 saturated heterocycles. The second-order valence-corrected chi connectivity index (χ2v) is 34.2. The van der Waals surface area contributed by atoms with Crippen LogP contribution in [0, 0.1) is 11.8 Å². The maximum absolute atomic E-state index is 13.1. The van der Waals surface area contributed by atoms with Crippen molar-refractivity contribution in [1.82, 2.24) is 0 Å². The molecule has 0 aliphatic rings. The number of esters is 4. The van der Waals surface area contributed by atoms with Crippen molar-refractivity contribution in [2.75, 3.05) is 39.6 Å². The maximum Gasteiger partial charge on any atom is 0.472 e. The Bertz CT molecular complexity index is 2000. The Morgan fingerprint density at radius 2 is 0.490 bits per heavy atom. The number of unbranched alkanes of at least 4 members (excludes halogenated alkanes) is 53. The van der Waals surface area contributed by atoms with Crippen LogP contribution in [-0.4, -0.2) is 96.7 Å². The van der Waals surface area contributed by atoms with E-state index >= 15 is 0 Å². The fourth-order valence-electron chi connectivity index (χ4n) is 13.2. The van der Waals surface area contributed by atoms with E-state index in [0.717, 1.165) is 102 Å². The Hall–Kier alpha value is -1.94. The van der Waals surface area contributed by atoms with Gasteiger partial charge in [0.1, 0.15) is 19.3 Å². The summed E-state index contributed by atoms with van der Waals surface area (Å²) < 4.78 is 68.9. The molecule has 17 nitrogen and oxygen atoms in total. The number of rotatable bonds is 84. The van der Waals surface area contributed by atoms with Crippen molar-refractivity contribution in [1.29, 1.82) is 0 Å². The van der Waals surface area contributed by atoms with E-state index in [-0.39, 0.29) is 25.7 Å². The van der Waals surface area contributed by atoms with Crippen molar-refractivity contribution in [3.05, 3.63) is 0 Å². The van der Waals surface area contributed by atoms with Crippen molar-refractivity contribution >= 4 is 39.5 Å². The standard InChI is InChI=1S/C85H166O17P2/c1-7-10-12-14-16-18-20-22-24-26-27-28-29-31-33-35-39-43-51-57-63-69-84(89)101-80(73-95-82(87)67-61-55-49-42-38-34-32-30-25-23-21-19-17-15-13-11-8-2)75-99-103(91,92)97-71-79(86)72-98-104(93,94)100-76-81(74-96-83(88)68-62-56-50-46-45-48-54-60-66-78(6)9-3)102-85(90)70-64-58-52-44-40-36-37-41-47-53-59-65-77(4)5/h77-81,86H,7-76H2,1-6H3,(H,91,92)(H,93,94)/t78?,79-,80-,81-/m1/s1. The lowest BCUT2D eigenvalue weighted by molar-refractivity contribution is -0.161. The van der Waals surface area contributed by atoms with Gasteiger partial charge in [0.2, 0.25) is 0 Å². The zero-order valence-electron chi connectivity index (χ0n) is 68.3. The van der Waals surface area contributed by atoms with E-state index in [2.05, 4.69) is 41.5 Å². The van der Waals surface area contributed by atoms with Crippen LogP contribution in [-0.2, 0) is 65.4 Å². The molecule has 6 atom stereocenters. The van der Waals surface area contributed by atoms with Crippen molar-refractivity contribution in [2.45, 2.75) is 471 Å². The molecule has 19 heteroatoms. The first-order valence-electron chi connectivity index (χ1n) is 44.0. The summed E-state index contributed by atoms with van der Waals surface area (Å²) in [6, 6.07) is 0. The van der Waals surface area contributed by atoms with Gasteiger partial charge in [0.05, 0.1) is 26.4 Å². The molecule has 0 fully saturated rings. The molecule has 104 heavy (non-hydrogen) atoms. The van der Waals surface area contributed by atoms with Gasteiger partial charge >= 0.3 is 39.5 Å². The van der Waals surface area contributed by atoms with Crippen LogP contribution in [0.15, 0.2) is 0 Å². The summed E-state index contributed by atoms with van der Waals surface area (Å²) in [5.74, 6) is -0.561. The monoisotopic (exact) mass is 1520 g/mol. The lowest BCUT2D eigenvalue weighted by Gasteiger charge is -2.21. The molecule has 0 aliphatic carbocycles. The number of aliphatic hydroxyl groups excluding tert-OH is 1. The van der Waals surface area contributed by atoms with E-state index < -0.39 is 97.5 Å². The third-order valence-electron chi connectivity index (χ3n) is 20.3. The highest BCUT2D eigenvalue weighted by Crippen LogP contribution is 2.45. The quantitative estimate of drug-likeness (QED) is 0.0222. The van der Waals surface area contributed by atoms with E-state index in [1.54, 1.807) is 0 Å². The van der Waals surface area contributed by atoms with E-state index in [0.29, 0.717) is 25.7 Å². The molecule has 0 bridgehead atoms. The molecule has 0 aromatic heterocycles. The molecular weight excluding hydrogens is 1350 g/mol. The van der Waals surface area contributed by atoms with Crippen molar-refractivity contribution in [3.8, 4) is 0 Å². The predicted molar refractivity (Wildman–Crippen MR) is 428 cm³/mol. The van der Waals surface area contributed by atoms with Gasteiger partial charge in [-0.05, 0) is 37.5 Å². The number of carbonyl (C=O) groups excluding carboxylic acids is 4. The zero-order chi connectivity index (χ0) is 76.4. The van der Waals surface area contributed by atoms with Crippen LogP contribution >= 0.6 is 15.6 Å². The first-order valence-corrected chi connectivity index (χ1v) is 47.0. The molecule has 0 spiro atoms. The van der Waals surface area contributed by atoms with Gasteiger partial charge in [-0.1, -0.05) is 401 Å². The van der Waals surface area contributed by atoms with Gasteiger partial charge in [-0.25, -0.2) is 9.13 Å². The number of hydrogen-bond acceptors (Lipinski definition) is 15. The Morgan fingerprint density at radius 1 is 0.279 bits per heavy atom. The van der Waals surface area contributed by atoms with Gasteiger partial charge in [0.15, 0.2) is 12.2 Å². The molecule has 0 heterocycles. The summed E-state index contributed by atoms with van der Waals surface area (Å²) in [4.78, 5) is 73.2. The summed E-state index contributed by atoms with van der Waals surface area (Å²) in [5.41, 5.74) is 0. The molecule has 618 valence electrons. The molecular formula is C85H166O17P2. The minimum atomic E-state index is -4.97. The highest BCUT2D eigenvalue weighted by Gasteiger charge is 2.30. The van der Waals surface area contributed by atoms with Crippen molar-refractivity contribution in [2.24, 2.45) is 11.8 Å². The number of phosphoric ester groups is 2. The molecule has 0 saturated carbocycles. The minimum absolute atomic E-state index is 0.106. The van der Waals surface area contributed by atoms with Gasteiger partial charge in [-0.15, -0.1) is 0 Å². The predicted octanol–water partition coefficient (Wildman–Crippen LogP) is 25.8. The van der Waals surface area contributed by atoms with Gasteiger partial charge < -0.3 is 33.8 Å². The van der Waals surface area contributed by atoms with Gasteiger partial charge in [0.25, 0.3) is 0 Å². The summed E-state index contributed by atoms with van der Waals surface area (Å²) >= 11 is 0.